The number of unbranched alkanes of at least 4 members (excludes halogenated alkanes) is 2. The molecule has 0 fully saturated rings. The van der Waals surface area contributed by atoms with Gasteiger partial charge in [-0.3, -0.25) is 4.79 Å². The molecule has 0 spiro atoms. The van der Waals surface area contributed by atoms with Crippen molar-refractivity contribution >= 4 is 5.97 Å². The van der Waals surface area contributed by atoms with Gasteiger partial charge in [0, 0.05) is 6.42 Å². The van der Waals surface area contributed by atoms with Gasteiger partial charge in [-0.15, -0.1) is 0 Å². The van der Waals surface area contributed by atoms with Crippen molar-refractivity contribution in [1.29, 1.82) is 0 Å². The van der Waals surface area contributed by atoms with Crippen LogP contribution in [0.2, 0.25) is 0 Å². The van der Waals surface area contributed by atoms with Gasteiger partial charge in [-0.05, 0) is 44.7 Å². The monoisotopic (exact) mass is 250 g/mol. The van der Waals surface area contributed by atoms with Crippen LogP contribution in [0.25, 0.3) is 0 Å². The van der Waals surface area contributed by atoms with Crippen molar-refractivity contribution in [2.24, 2.45) is 0 Å². The van der Waals surface area contributed by atoms with Crippen LogP contribution >= 0.6 is 0 Å². The maximum Gasteiger partial charge on any atom is 0.303 e. The van der Waals surface area contributed by atoms with Crippen LogP contribution in [0, 0.1) is 6.92 Å². The molecule has 0 aliphatic heterocycles. The second kappa shape index (κ2) is 7.75. The SMILES string of the molecule is CCOc1ccc(C)cc1CCCCCC(=O)O. The van der Waals surface area contributed by atoms with Crippen LogP contribution < -0.4 is 4.74 Å². The minimum absolute atomic E-state index is 0.270. The number of aliphatic carboxylic acids is 1. The molecule has 0 unspecified atom stereocenters. The van der Waals surface area contributed by atoms with E-state index in [0.29, 0.717) is 6.61 Å². The number of ether oxygens (including phenoxy) is 1. The van der Waals surface area contributed by atoms with Crippen LogP contribution in [0.1, 0.15) is 43.7 Å². The zero-order valence-corrected chi connectivity index (χ0v) is 11.2. The Morgan fingerprint density at radius 3 is 2.72 bits per heavy atom. The lowest BCUT2D eigenvalue weighted by Gasteiger charge is -2.11. The molecule has 0 saturated heterocycles. The molecule has 1 aromatic carbocycles. The summed E-state index contributed by atoms with van der Waals surface area (Å²) in [6.45, 7) is 4.73. The van der Waals surface area contributed by atoms with Crippen LogP contribution in [0.4, 0.5) is 0 Å². The Morgan fingerprint density at radius 1 is 1.28 bits per heavy atom. The van der Waals surface area contributed by atoms with Crippen LogP contribution in [0.3, 0.4) is 0 Å². The molecule has 0 aliphatic rings. The molecule has 18 heavy (non-hydrogen) atoms. The van der Waals surface area contributed by atoms with Crippen LogP contribution in [0.15, 0.2) is 18.2 Å². The van der Waals surface area contributed by atoms with Crippen molar-refractivity contribution in [3.63, 3.8) is 0 Å². The second-order valence-electron chi connectivity index (χ2n) is 4.50. The fourth-order valence-corrected chi connectivity index (χ4v) is 1.97. The first-order valence-corrected chi connectivity index (χ1v) is 6.57. The van der Waals surface area contributed by atoms with Crippen molar-refractivity contribution in [3.8, 4) is 5.75 Å². The smallest absolute Gasteiger partial charge is 0.303 e. The van der Waals surface area contributed by atoms with Crippen molar-refractivity contribution in [3.05, 3.63) is 29.3 Å². The molecule has 0 atom stereocenters. The van der Waals surface area contributed by atoms with E-state index in [0.717, 1.165) is 31.4 Å². The van der Waals surface area contributed by atoms with Crippen LogP contribution in [-0.2, 0) is 11.2 Å². The highest BCUT2D eigenvalue weighted by Crippen LogP contribution is 2.22. The minimum Gasteiger partial charge on any atom is -0.494 e. The zero-order chi connectivity index (χ0) is 13.4. The quantitative estimate of drug-likeness (QED) is 0.717. The average molecular weight is 250 g/mol. The van der Waals surface area contributed by atoms with Gasteiger partial charge < -0.3 is 9.84 Å². The Labute approximate surface area is 109 Å². The molecule has 0 aromatic heterocycles. The van der Waals surface area contributed by atoms with Crippen molar-refractivity contribution < 1.29 is 14.6 Å². The lowest BCUT2D eigenvalue weighted by atomic mass is 10.0. The molecule has 0 bridgehead atoms. The van der Waals surface area contributed by atoms with E-state index >= 15 is 0 Å². The Bertz CT molecular complexity index is 385. The third-order valence-corrected chi connectivity index (χ3v) is 2.85. The highest BCUT2D eigenvalue weighted by atomic mass is 16.5. The summed E-state index contributed by atoms with van der Waals surface area (Å²) in [6, 6.07) is 6.23. The van der Waals surface area contributed by atoms with Gasteiger partial charge >= 0.3 is 5.97 Å². The Hall–Kier alpha value is -1.51. The Kier molecular flexibility index (Phi) is 6.26. The topological polar surface area (TPSA) is 46.5 Å². The van der Waals surface area contributed by atoms with Crippen LogP contribution in [0.5, 0.6) is 5.75 Å². The van der Waals surface area contributed by atoms with Gasteiger partial charge in [-0.25, -0.2) is 0 Å². The molecule has 100 valence electrons. The summed E-state index contributed by atoms with van der Waals surface area (Å²) in [4.78, 5) is 10.4. The molecule has 0 saturated carbocycles. The third-order valence-electron chi connectivity index (χ3n) is 2.85. The van der Waals surface area contributed by atoms with E-state index in [9.17, 15) is 4.79 Å². The van der Waals surface area contributed by atoms with E-state index in [4.69, 9.17) is 9.84 Å². The number of carbonyl (C=O) groups is 1. The summed E-state index contributed by atoms with van der Waals surface area (Å²) in [7, 11) is 0. The summed E-state index contributed by atoms with van der Waals surface area (Å²) < 4.78 is 5.59. The van der Waals surface area contributed by atoms with E-state index in [1.807, 2.05) is 13.0 Å². The largest absolute Gasteiger partial charge is 0.494 e. The number of hydrogen-bond acceptors (Lipinski definition) is 2. The third kappa shape index (κ3) is 5.21. The number of hydrogen-bond donors (Lipinski definition) is 1. The predicted molar refractivity (Wildman–Crippen MR) is 72.2 cm³/mol. The molecule has 0 radical (unpaired) electrons. The number of carboxylic acids is 1. The molecule has 0 heterocycles. The molecule has 1 aromatic rings. The Balaban J connectivity index is 2.44. The summed E-state index contributed by atoms with van der Waals surface area (Å²) in [5.41, 5.74) is 2.46. The first kappa shape index (κ1) is 14.6. The van der Waals surface area contributed by atoms with Crippen molar-refractivity contribution in [2.75, 3.05) is 6.61 Å². The lowest BCUT2D eigenvalue weighted by Crippen LogP contribution is -1.98. The molecule has 0 aliphatic carbocycles. The first-order valence-electron chi connectivity index (χ1n) is 6.57. The van der Waals surface area contributed by atoms with Gasteiger partial charge in [0.05, 0.1) is 6.61 Å². The highest BCUT2D eigenvalue weighted by Gasteiger charge is 2.04. The first-order chi connectivity index (χ1) is 8.63. The van der Waals surface area contributed by atoms with Gasteiger partial charge in [-0.1, -0.05) is 24.1 Å². The Morgan fingerprint density at radius 2 is 2.06 bits per heavy atom. The van der Waals surface area contributed by atoms with Gasteiger partial charge in [-0.2, -0.15) is 0 Å². The molecule has 3 heteroatoms. The van der Waals surface area contributed by atoms with Crippen molar-refractivity contribution in [1.82, 2.24) is 0 Å². The van der Waals surface area contributed by atoms with E-state index in [-0.39, 0.29) is 6.42 Å². The second-order valence-corrected chi connectivity index (χ2v) is 4.50. The fraction of sp³-hybridized carbons (Fsp3) is 0.533. The van der Waals surface area contributed by atoms with Gasteiger partial charge in [0.1, 0.15) is 5.75 Å². The summed E-state index contributed by atoms with van der Waals surface area (Å²) in [5.74, 6) is 0.252. The molecule has 1 rings (SSSR count). The van der Waals surface area contributed by atoms with Gasteiger partial charge in [0.15, 0.2) is 0 Å². The molecule has 0 amide bonds. The predicted octanol–water partition coefficient (Wildman–Crippen LogP) is 3.58. The number of aryl methyl sites for hydroxylation is 2. The van der Waals surface area contributed by atoms with E-state index in [2.05, 4.69) is 19.1 Å². The fourth-order valence-electron chi connectivity index (χ4n) is 1.97. The highest BCUT2D eigenvalue weighted by molar-refractivity contribution is 5.66. The van der Waals surface area contributed by atoms with Crippen LogP contribution in [-0.4, -0.2) is 17.7 Å². The van der Waals surface area contributed by atoms with E-state index in [1.165, 1.54) is 11.1 Å². The molecular formula is C15H22O3. The normalized spacial score (nSPS) is 10.3. The maximum absolute atomic E-state index is 10.4. The zero-order valence-electron chi connectivity index (χ0n) is 11.2. The molecular weight excluding hydrogens is 228 g/mol. The number of rotatable bonds is 8. The molecule has 1 N–H and O–H groups in total. The molecule has 3 nitrogen and oxygen atoms in total. The van der Waals surface area contributed by atoms with Gasteiger partial charge in [0.2, 0.25) is 0 Å². The van der Waals surface area contributed by atoms with E-state index in [1.54, 1.807) is 0 Å². The minimum atomic E-state index is -0.708. The summed E-state index contributed by atoms with van der Waals surface area (Å²) in [5, 5.41) is 8.56. The summed E-state index contributed by atoms with van der Waals surface area (Å²) >= 11 is 0. The standard InChI is InChI=1S/C15H22O3/c1-3-18-14-10-9-12(2)11-13(14)7-5-4-6-8-15(16)17/h9-11H,3-8H2,1-2H3,(H,16,17). The number of carboxylic acid groups (broad SMARTS) is 1. The lowest BCUT2D eigenvalue weighted by molar-refractivity contribution is -0.137. The van der Waals surface area contributed by atoms with E-state index < -0.39 is 5.97 Å². The maximum atomic E-state index is 10.4. The van der Waals surface area contributed by atoms with Crippen molar-refractivity contribution in [2.45, 2.75) is 46.0 Å². The number of benzene rings is 1. The van der Waals surface area contributed by atoms with Gasteiger partial charge in [0.25, 0.3) is 0 Å². The summed E-state index contributed by atoms with van der Waals surface area (Å²) in [6.07, 6.45) is 3.94. The average Bonchev–Trinajstić information content (AvgIpc) is 2.32.